The van der Waals surface area contributed by atoms with Crippen molar-refractivity contribution in [3.63, 3.8) is 0 Å². The van der Waals surface area contributed by atoms with Gasteiger partial charge in [-0.1, -0.05) is 37.3 Å². The molecule has 3 aromatic rings. The van der Waals surface area contributed by atoms with Gasteiger partial charge in [-0.2, -0.15) is 0 Å². The minimum Gasteiger partial charge on any atom is -0.493 e. The number of aryl methyl sites for hydroxylation is 1. The molecule has 0 amide bonds. The molecular formula is C27H28O5. The number of hydrogen-bond acceptors (Lipinski definition) is 5. The van der Waals surface area contributed by atoms with Crippen molar-refractivity contribution in [2.24, 2.45) is 0 Å². The van der Waals surface area contributed by atoms with Gasteiger partial charge in [0.05, 0.1) is 25.9 Å². The Bertz CT molecular complexity index is 1120. The Labute approximate surface area is 188 Å². The molecule has 166 valence electrons. The Morgan fingerprint density at radius 3 is 2.41 bits per heavy atom. The van der Waals surface area contributed by atoms with E-state index in [1.165, 1.54) is 23.8 Å². The van der Waals surface area contributed by atoms with Gasteiger partial charge in [0.1, 0.15) is 12.4 Å². The lowest BCUT2D eigenvalue weighted by Crippen LogP contribution is -2.13. The van der Waals surface area contributed by atoms with E-state index in [1.54, 1.807) is 19.2 Å². The molecule has 0 spiro atoms. The standard InChI is InChI=1S/C27H28O5/c1-5-18-8-11-22-21(13-18)12-17(2)32-24-15-26(25(29-3)14-23(22)24)31-16-19-6-9-20(10-7-19)27(28)30-4/h6-11,13-15,17H,5,12,16H2,1-4H3. The summed E-state index contributed by atoms with van der Waals surface area (Å²) in [6.45, 7) is 4.59. The van der Waals surface area contributed by atoms with Crippen molar-refractivity contribution >= 4 is 5.97 Å². The topological polar surface area (TPSA) is 54.0 Å². The second-order valence-corrected chi connectivity index (χ2v) is 7.95. The zero-order valence-electron chi connectivity index (χ0n) is 18.9. The molecule has 1 atom stereocenters. The van der Waals surface area contributed by atoms with Gasteiger partial charge in [-0.3, -0.25) is 0 Å². The molecule has 0 bridgehead atoms. The van der Waals surface area contributed by atoms with Crippen LogP contribution in [0.25, 0.3) is 11.1 Å². The highest BCUT2D eigenvalue weighted by molar-refractivity contribution is 5.89. The van der Waals surface area contributed by atoms with Crippen molar-refractivity contribution in [2.75, 3.05) is 14.2 Å². The van der Waals surface area contributed by atoms with E-state index >= 15 is 0 Å². The Kier molecular flexibility index (Phi) is 6.35. The van der Waals surface area contributed by atoms with Gasteiger partial charge in [-0.25, -0.2) is 4.79 Å². The van der Waals surface area contributed by atoms with Gasteiger partial charge >= 0.3 is 5.97 Å². The molecule has 0 saturated heterocycles. The third kappa shape index (κ3) is 4.42. The summed E-state index contributed by atoms with van der Waals surface area (Å²) in [6.07, 6.45) is 1.91. The van der Waals surface area contributed by atoms with Crippen LogP contribution in [0.5, 0.6) is 17.2 Å². The summed E-state index contributed by atoms with van der Waals surface area (Å²) in [5.41, 5.74) is 6.23. The fourth-order valence-corrected chi connectivity index (χ4v) is 4.00. The lowest BCUT2D eigenvalue weighted by Gasteiger charge is -2.17. The number of ether oxygens (including phenoxy) is 4. The van der Waals surface area contributed by atoms with E-state index < -0.39 is 0 Å². The monoisotopic (exact) mass is 432 g/mol. The molecule has 0 N–H and O–H groups in total. The third-order valence-corrected chi connectivity index (χ3v) is 5.74. The normalized spacial score (nSPS) is 14.4. The van der Waals surface area contributed by atoms with Crippen molar-refractivity contribution in [1.82, 2.24) is 0 Å². The maximum atomic E-state index is 11.6. The number of carbonyl (C=O) groups excluding carboxylic acids is 1. The summed E-state index contributed by atoms with van der Waals surface area (Å²) in [4.78, 5) is 11.6. The van der Waals surface area contributed by atoms with E-state index in [4.69, 9.17) is 18.9 Å². The van der Waals surface area contributed by atoms with Crippen molar-refractivity contribution in [3.8, 4) is 28.4 Å². The number of methoxy groups -OCH3 is 2. The van der Waals surface area contributed by atoms with E-state index in [0.717, 1.165) is 29.7 Å². The number of benzene rings is 3. The quantitative estimate of drug-likeness (QED) is 0.474. The SMILES string of the molecule is CCc1ccc2c(c1)CC(C)Oc1cc(OCc3ccc(C(=O)OC)cc3)c(OC)cc1-2. The first kappa shape index (κ1) is 21.8. The number of rotatable bonds is 6. The van der Waals surface area contributed by atoms with Crippen LogP contribution >= 0.6 is 0 Å². The Balaban J connectivity index is 1.63. The number of hydrogen-bond donors (Lipinski definition) is 0. The molecule has 1 heterocycles. The van der Waals surface area contributed by atoms with E-state index in [1.807, 2.05) is 24.3 Å². The predicted molar refractivity (Wildman–Crippen MR) is 124 cm³/mol. The molecule has 0 aliphatic carbocycles. The minimum absolute atomic E-state index is 0.0502. The van der Waals surface area contributed by atoms with Gasteiger partial charge in [0.25, 0.3) is 0 Å². The van der Waals surface area contributed by atoms with Crippen LogP contribution in [0.4, 0.5) is 0 Å². The van der Waals surface area contributed by atoms with E-state index in [2.05, 4.69) is 32.0 Å². The first-order chi connectivity index (χ1) is 15.5. The lowest BCUT2D eigenvalue weighted by molar-refractivity contribution is 0.0600. The highest BCUT2D eigenvalue weighted by Gasteiger charge is 2.23. The molecule has 32 heavy (non-hydrogen) atoms. The maximum absolute atomic E-state index is 11.6. The van der Waals surface area contributed by atoms with Crippen LogP contribution < -0.4 is 14.2 Å². The second-order valence-electron chi connectivity index (χ2n) is 7.95. The zero-order valence-corrected chi connectivity index (χ0v) is 18.9. The van der Waals surface area contributed by atoms with Crippen LogP contribution in [-0.2, 0) is 24.2 Å². The second kappa shape index (κ2) is 9.35. The molecule has 3 aromatic carbocycles. The van der Waals surface area contributed by atoms with E-state index in [9.17, 15) is 4.79 Å². The molecule has 5 heteroatoms. The van der Waals surface area contributed by atoms with E-state index in [0.29, 0.717) is 23.7 Å². The first-order valence-electron chi connectivity index (χ1n) is 10.8. The Hall–Kier alpha value is -3.47. The third-order valence-electron chi connectivity index (χ3n) is 5.74. The largest absolute Gasteiger partial charge is 0.493 e. The van der Waals surface area contributed by atoms with Gasteiger partial charge in [0.15, 0.2) is 11.5 Å². The van der Waals surface area contributed by atoms with Gasteiger partial charge in [0, 0.05) is 18.1 Å². The van der Waals surface area contributed by atoms with Crippen molar-refractivity contribution in [3.05, 3.63) is 76.9 Å². The summed E-state index contributed by atoms with van der Waals surface area (Å²) in [5, 5.41) is 0. The van der Waals surface area contributed by atoms with Crippen molar-refractivity contribution < 1.29 is 23.7 Å². The predicted octanol–water partition coefficient (Wildman–Crippen LogP) is 5.61. The zero-order chi connectivity index (χ0) is 22.7. The van der Waals surface area contributed by atoms with Gasteiger partial charge < -0.3 is 18.9 Å². The smallest absolute Gasteiger partial charge is 0.337 e. The molecule has 0 fully saturated rings. The molecule has 0 radical (unpaired) electrons. The van der Waals surface area contributed by atoms with Gasteiger partial charge in [-0.05, 0) is 53.8 Å². The molecule has 0 aromatic heterocycles. The Morgan fingerprint density at radius 1 is 0.969 bits per heavy atom. The number of fused-ring (bicyclic) bond motifs is 3. The van der Waals surface area contributed by atoms with Crippen LogP contribution in [-0.4, -0.2) is 26.3 Å². The first-order valence-corrected chi connectivity index (χ1v) is 10.8. The fraction of sp³-hybridized carbons (Fsp3) is 0.296. The van der Waals surface area contributed by atoms with Crippen LogP contribution in [0.3, 0.4) is 0 Å². The molecule has 1 unspecified atom stereocenters. The van der Waals surface area contributed by atoms with Gasteiger partial charge in [-0.15, -0.1) is 0 Å². The molecule has 0 saturated carbocycles. The van der Waals surface area contributed by atoms with Crippen LogP contribution in [0.2, 0.25) is 0 Å². The Morgan fingerprint density at radius 2 is 1.72 bits per heavy atom. The average molecular weight is 433 g/mol. The van der Waals surface area contributed by atoms with Crippen molar-refractivity contribution in [1.29, 1.82) is 0 Å². The maximum Gasteiger partial charge on any atom is 0.337 e. The highest BCUT2D eigenvalue weighted by atomic mass is 16.5. The summed E-state index contributed by atoms with van der Waals surface area (Å²) in [7, 11) is 3.01. The molecule has 5 nitrogen and oxygen atoms in total. The minimum atomic E-state index is -0.359. The van der Waals surface area contributed by atoms with Crippen LogP contribution in [0.1, 0.15) is 40.9 Å². The number of esters is 1. The molecule has 1 aliphatic rings. The highest BCUT2D eigenvalue weighted by Crippen LogP contribution is 2.44. The van der Waals surface area contributed by atoms with Crippen LogP contribution in [0, 0.1) is 0 Å². The summed E-state index contributed by atoms with van der Waals surface area (Å²) in [5.74, 6) is 1.70. The molecular weight excluding hydrogens is 404 g/mol. The summed E-state index contributed by atoms with van der Waals surface area (Å²) >= 11 is 0. The fourth-order valence-electron chi connectivity index (χ4n) is 4.00. The number of carbonyl (C=O) groups is 1. The van der Waals surface area contributed by atoms with Crippen LogP contribution in [0.15, 0.2) is 54.6 Å². The molecule has 4 rings (SSSR count). The van der Waals surface area contributed by atoms with E-state index in [-0.39, 0.29) is 12.1 Å². The van der Waals surface area contributed by atoms with Gasteiger partial charge in [0.2, 0.25) is 0 Å². The lowest BCUT2D eigenvalue weighted by atomic mass is 9.94. The molecule has 1 aliphatic heterocycles. The van der Waals surface area contributed by atoms with Crippen molar-refractivity contribution in [2.45, 2.75) is 39.4 Å². The summed E-state index contributed by atoms with van der Waals surface area (Å²) < 4.78 is 22.8. The average Bonchev–Trinajstić information content (AvgIpc) is 2.95. The summed E-state index contributed by atoms with van der Waals surface area (Å²) in [6, 6.07) is 17.7.